The Bertz CT molecular complexity index is 462. The van der Waals surface area contributed by atoms with Crippen LogP contribution in [0.15, 0.2) is 22.7 Å². The Hall–Kier alpha value is -1.63. The van der Waals surface area contributed by atoms with Crippen molar-refractivity contribution < 1.29 is 18.7 Å². The average molecular weight is 333 g/mol. The molecule has 0 radical (unpaired) electrons. The fourth-order valence-corrected chi connectivity index (χ4v) is 1.93. The van der Waals surface area contributed by atoms with E-state index in [1.807, 2.05) is 0 Å². The largest absolute Gasteiger partial charge is 0.467 e. The Morgan fingerprint density at radius 2 is 2.16 bits per heavy atom. The minimum Gasteiger partial charge on any atom is -0.467 e. The van der Waals surface area contributed by atoms with Crippen LogP contribution >= 0.6 is 15.9 Å². The van der Waals surface area contributed by atoms with Crippen molar-refractivity contribution >= 4 is 33.5 Å². The van der Waals surface area contributed by atoms with Gasteiger partial charge in [0.15, 0.2) is 0 Å². The molecule has 1 aromatic rings. The fraction of sp³-hybridized carbons (Fsp3) is 0.333. The van der Waals surface area contributed by atoms with Gasteiger partial charge in [-0.3, -0.25) is 4.79 Å². The summed E-state index contributed by atoms with van der Waals surface area (Å²) in [4.78, 5) is 22.4. The van der Waals surface area contributed by atoms with Gasteiger partial charge in [-0.25, -0.2) is 9.18 Å². The lowest BCUT2D eigenvalue weighted by molar-refractivity contribution is -0.144. The molecular weight excluding hydrogens is 319 g/mol. The molecular formula is C12H14BrFN2O3. The van der Waals surface area contributed by atoms with E-state index in [0.29, 0.717) is 4.47 Å². The van der Waals surface area contributed by atoms with Crippen LogP contribution in [0.3, 0.4) is 0 Å². The van der Waals surface area contributed by atoms with Crippen LogP contribution in [-0.2, 0) is 14.3 Å². The summed E-state index contributed by atoms with van der Waals surface area (Å²) in [5, 5.41) is 5.19. The fourth-order valence-electron chi connectivity index (χ4n) is 1.45. The summed E-state index contributed by atoms with van der Waals surface area (Å²) in [5.41, 5.74) is 0.224. The molecule has 0 aliphatic heterocycles. The standard InChI is InChI=1S/C12H14BrFN2O3/c1-7(17)16-10(12(18)19-2)6-15-11-8(13)4-3-5-9(11)14/h3-5,10,15H,6H2,1-2H3,(H,16,17). The smallest absolute Gasteiger partial charge is 0.330 e. The summed E-state index contributed by atoms with van der Waals surface area (Å²) < 4.78 is 18.6. The van der Waals surface area contributed by atoms with Gasteiger partial charge in [-0.15, -0.1) is 0 Å². The lowest BCUT2D eigenvalue weighted by Gasteiger charge is -2.17. The number of anilines is 1. The molecule has 0 aliphatic rings. The maximum absolute atomic E-state index is 13.6. The van der Waals surface area contributed by atoms with E-state index in [9.17, 15) is 14.0 Å². The molecule has 104 valence electrons. The highest BCUT2D eigenvalue weighted by Gasteiger charge is 2.20. The van der Waals surface area contributed by atoms with E-state index < -0.39 is 17.8 Å². The molecule has 0 aromatic heterocycles. The number of esters is 1. The van der Waals surface area contributed by atoms with Crippen molar-refractivity contribution in [3.05, 3.63) is 28.5 Å². The van der Waals surface area contributed by atoms with E-state index in [4.69, 9.17) is 0 Å². The van der Waals surface area contributed by atoms with Crippen molar-refractivity contribution in [1.82, 2.24) is 5.32 Å². The Kier molecular flexibility index (Phi) is 5.75. The zero-order chi connectivity index (χ0) is 14.4. The van der Waals surface area contributed by atoms with Crippen LogP contribution in [0.5, 0.6) is 0 Å². The van der Waals surface area contributed by atoms with Gasteiger partial charge in [0.2, 0.25) is 5.91 Å². The first-order valence-electron chi connectivity index (χ1n) is 5.48. The van der Waals surface area contributed by atoms with Gasteiger partial charge in [0.25, 0.3) is 0 Å². The number of amides is 1. The minimum absolute atomic E-state index is 0.0196. The highest BCUT2D eigenvalue weighted by Crippen LogP contribution is 2.24. The molecule has 0 heterocycles. The first kappa shape index (κ1) is 15.4. The maximum Gasteiger partial charge on any atom is 0.330 e. The molecule has 1 unspecified atom stereocenters. The summed E-state index contributed by atoms with van der Waals surface area (Å²) >= 11 is 3.20. The van der Waals surface area contributed by atoms with Gasteiger partial charge < -0.3 is 15.4 Å². The zero-order valence-electron chi connectivity index (χ0n) is 10.5. The lowest BCUT2D eigenvalue weighted by Crippen LogP contribution is -2.45. The topological polar surface area (TPSA) is 67.4 Å². The van der Waals surface area contributed by atoms with Crippen LogP contribution in [0.25, 0.3) is 0 Å². The van der Waals surface area contributed by atoms with Gasteiger partial charge in [0.1, 0.15) is 11.9 Å². The van der Waals surface area contributed by atoms with Crippen LogP contribution in [-0.4, -0.2) is 31.6 Å². The van der Waals surface area contributed by atoms with Crippen LogP contribution < -0.4 is 10.6 Å². The van der Waals surface area contributed by atoms with Gasteiger partial charge in [-0.2, -0.15) is 0 Å². The number of nitrogens with one attached hydrogen (secondary N) is 2. The zero-order valence-corrected chi connectivity index (χ0v) is 12.1. The first-order valence-corrected chi connectivity index (χ1v) is 6.27. The van der Waals surface area contributed by atoms with Gasteiger partial charge >= 0.3 is 5.97 Å². The summed E-state index contributed by atoms with van der Waals surface area (Å²) in [6, 6.07) is 3.63. The van der Waals surface area contributed by atoms with Gasteiger partial charge in [0, 0.05) is 17.9 Å². The highest BCUT2D eigenvalue weighted by molar-refractivity contribution is 9.10. The van der Waals surface area contributed by atoms with E-state index in [1.54, 1.807) is 12.1 Å². The van der Waals surface area contributed by atoms with Crippen molar-refractivity contribution in [2.45, 2.75) is 13.0 Å². The Balaban J connectivity index is 2.76. The van der Waals surface area contributed by atoms with E-state index >= 15 is 0 Å². The third kappa shape index (κ3) is 4.51. The quantitative estimate of drug-likeness (QED) is 0.805. The first-order chi connectivity index (χ1) is 8.95. The normalized spacial score (nSPS) is 11.6. The molecule has 0 fully saturated rings. The van der Waals surface area contributed by atoms with Gasteiger partial charge in [-0.1, -0.05) is 6.07 Å². The number of para-hydroxylation sites is 1. The van der Waals surface area contributed by atoms with Crippen LogP contribution in [0.2, 0.25) is 0 Å². The van der Waals surface area contributed by atoms with Crippen molar-refractivity contribution in [1.29, 1.82) is 0 Å². The van der Waals surface area contributed by atoms with Gasteiger partial charge in [-0.05, 0) is 28.1 Å². The Morgan fingerprint density at radius 3 is 2.68 bits per heavy atom. The summed E-state index contributed by atoms with van der Waals surface area (Å²) in [6.07, 6.45) is 0. The number of hydrogen-bond acceptors (Lipinski definition) is 4. The SMILES string of the molecule is COC(=O)C(CNc1c(F)cccc1Br)NC(C)=O. The molecule has 1 rings (SSSR count). The minimum atomic E-state index is -0.881. The number of carbonyl (C=O) groups excluding carboxylic acids is 2. The second-order valence-electron chi connectivity index (χ2n) is 3.75. The van der Waals surface area contributed by atoms with Crippen molar-refractivity contribution in [2.24, 2.45) is 0 Å². The van der Waals surface area contributed by atoms with Crippen molar-refractivity contribution in [2.75, 3.05) is 19.0 Å². The number of hydrogen-bond donors (Lipinski definition) is 2. The van der Waals surface area contributed by atoms with Crippen LogP contribution in [0.4, 0.5) is 10.1 Å². The van der Waals surface area contributed by atoms with Gasteiger partial charge in [0.05, 0.1) is 12.8 Å². The van der Waals surface area contributed by atoms with Crippen molar-refractivity contribution in [3.8, 4) is 0 Å². The van der Waals surface area contributed by atoms with E-state index in [-0.39, 0.29) is 18.1 Å². The summed E-state index contributed by atoms with van der Waals surface area (Å²) in [6.45, 7) is 1.31. The molecule has 5 nitrogen and oxygen atoms in total. The molecule has 0 saturated carbocycles. The predicted molar refractivity (Wildman–Crippen MR) is 72.2 cm³/mol. The number of ether oxygens (including phenoxy) is 1. The molecule has 0 spiro atoms. The second-order valence-corrected chi connectivity index (χ2v) is 4.61. The number of benzene rings is 1. The lowest BCUT2D eigenvalue weighted by atomic mass is 10.2. The highest BCUT2D eigenvalue weighted by atomic mass is 79.9. The molecule has 7 heteroatoms. The third-order valence-electron chi connectivity index (χ3n) is 2.31. The molecule has 0 bridgehead atoms. The second kappa shape index (κ2) is 7.08. The van der Waals surface area contributed by atoms with Crippen LogP contribution in [0.1, 0.15) is 6.92 Å². The van der Waals surface area contributed by atoms with E-state index in [2.05, 4.69) is 31.3 Å². The molecule has 0 saturated heterocycles. The number of halogens is 2. The predicted octanol–water partition coefficient (Wildman–Crippen LogP) is 1.68. The Labute approximate surface area is 118 Å². The molecule has 1 amide bonds. The molecule has 1 atom stereocenters. The van der Waals surface area contributed by atoms with E-state index in [1.165, 1.54) is 20.1 Å². The average Bonchev–Trinajstić information content (AvgIpc) is 2.35. The molecule has 19 heavy (non-hydrogen) atoms. The molecule has 0 aliphatic carbocycles. The monoisotopic (exact) mass is 332 g/mol. The van der Waals surface area contributed by atoms with Crippen LogP contribution in [0, 0.1) is 5.82 Å². The molecule has 1 aromatic carbocycles. The third-order valence-corrected chi connectivity index (χ3v) is 2.97. The number of carbonyl (C=O) groups is 2. The Morgan fingerprint density at radius 1 is 1.47 bits per heavy atom. The summed E-state index contributed by atoms with van der Waals surface area (Å²) in [5.74, 6) is -1.43. The number of methoxy groups -OCH3 is 1. The van der Waals surface area contributed by atoms with Crippen molar-refractivity contribution in [3.63, 3.8) is 0 Å². The maximum atomic E-state index is 13.6. The number of rotatable bonds is 5. The van der Waals surface area contributed by atoms with E-state index in [0.717, 1.165) is 0 Å². The molecule has 2 N–H and O–H groups in total. The summed E-state index contributed by atoms with van der Waals surface area (Å²) in [7, 11) is 1.22.